The standard InChI is InChI=1S/C17H24N4O3/c22-17(13-2-1-3-13)21-5-4-14(11-21)24-16-10-15(18-12-19-16)20-6-8-23-9-7-20/h10,12-14H,1-9,11H2/t14-/m0/s1. The van der Waals surface area contributed by atoms with E-state index in [4.69, 9.17) is 9.47 Å². The summed E-state index contributed by atoms with van der Waals surface area (Å²) in [4.78, 5) is 25.0. The van der Waals surface area contributed by atoms with Crippen molar-refractivity contribution in [1.82, 2.24) is 14.9 Å². The van der Waals surface area contributed by atoms with Crippen LogP contribution in [0.4, 0.5) is 5.82 Å². The normalized spacial score (nSPS) is 24.8. The highest BCUT2D eigenvalue weighted by atomic mass is 16.5. The van der Waals surface area contributed by atoms with Crippen LogP contribution in [-0.2, 0) is 9.53 Å². The van der Waals surface area contributed by atoms with Crippen molar-refractivity contribution in [3.05, 3.63) is 12.4 Å². The van der Waals surface area contributed by atoms with Crippen LogP contribution in [0.1, 0.15) is 25.7 Å². The zero-order valence-electron chi connectivity index (χ0n) is 13.9. The molecule has 0 bridgehead atoms. The maximum absolute atomic E-state index is 12.3. The number of morpholine rings is 1. The van der Waals surface area contributed by atoms with Gasteiger partial charge in [0.05, 0.1) is 19.8 Å². The zero-order chi connectivity index (χ0) is 16.4. The third kappa shape index (κ3) is 3.31. The molecule has 4 rings (SSSR count). The first-order valence-electron chi connectivity index (χ1n) is 8.90. The van der Waals surface area contributed by atoms with E-state index >= 15 is 0 Å². The average Bonchev–Trinajstić information content (AvgIpc) is 3.03. The SMILES string of the molecule is O=C(C1CCC1)N1CC[C@H](Oc2cc(N3CCOCC3)ncn2)C1. The summed E-state index contributed by atoms with van der Waals surface area (Å²) in [6.07, 6.45) is 5.74. The van der Waals surface area contributed by atoms with Gasteiger partial charge >= 0.3 is 0 Å². The maximum atomic E-state index is 12.3. The molecule has 130 valence electrons. The lowest BCUT2D eigenvalue weighted by molar-refractivity contribution is -0.137. The minimum Gasteiger partial charge on any atom is -0.472 e. The van der Waals surface area contributed by atoms with E-state index in [0.29, 0.717) is 18.3 Å². The van der Waals surface area contributed by atoms with Gasteiger partial charge in [-0.3, -0.25) is 4.79 Å². The van der Waals surface area contributed by atoms with Gasteiger partial charge in [-0.15, -0.1) is 0 Å². The van der Waals surface area contributed by atoms with Gasteiger partial charge in [-0.1, -0.05) is 6.42 Å². The lowest BCUT2D eigenvalue weighted by Crippen LogP contribution is -2.38. The van der Waals surface area contributed by atoms with Crippen LogP contribution in [0.15, 0.2) is 12.4 Å². The predicted molar refractivity (Wildman–Crippen MR) is 88.0 cm³/mol. The zero-order valence-corrected chi connectivity index (χ0v) is 13.9. The topological polar surface area (TPSA) is 67.8 Å². The molecule has 3 aliphatic rings. The van der Waals surface area contributed by atoms with E-state index in [1.807, 2.05) is 11.0 Å². The van der Waals surface area contributed by atoms with Crippen LogP contribution in [0.25, 0.3) is 0 Å². The van der Waals surface area contributed by atoms with Gasteiger partial charge in [0.25, 0.3) is 0 Å². The summed E-state index contributed by atoms with van der Waals surface area (Å²) in [6, 6.07) is 1.89. The summed E-state index contributed by atoms with van der Waals surface area (Å²) in [5, 5.41) is 0. The Morgan fingerprint density at radius 2 is 2.00 bits per heavy atom. The van der Waals surface area contributed by atoms with E-state index < -0.39 is 0 Å². The van der Waals surface area contributed by atoms with Crippen LogP contribution in [0.5, 0.6) is 5.88 Å². The molecule has 2 aliphatic heterocycles. The van der Waals surface area contributed by atoms with Crippen molar-refractivity contribution in [3.8, 4) is 5.88 Å². The Balaban J connectivity index is 1.34. The Labute approximate surface area is 142 Å². The smallest absolute Gasteiger partial charge is 0.225 e. The molecule has 0 unspecified atom stereocenters. The van der Waals surface area contributed by atoms with Crippen LogP contribution in [0.2, 0.25) is 0 Å². The largest absolute Gasteiger partial charge is 0.472 e. The van der Waals surface area contributed by atoms with E-state index in [0.717, 1.165) is 57.9 Å². The van der Waals surface area contributed by atoms with Crippen molar-refractivity contribution in [2.45, 2.75) is 31.8 Å². The van der Waals surface area contributed by atoms with Gasteiger partial charge in [-0.2, -0.15) is 0 Å². The number of likely N-dealkylation sites (tertiary alicyclic amines) is 1. The first-order chi connectivity index (χ1) is 11.8. The first-order valence-corrected chi connectivity index (χ1v) is 8.90. The summed E-state index contributed by atoms with van der Waals surface area (Å²) in [6.45, 7) is 4.59. The minimum absolute atomic E-state index is 0.0291. The van der Waals surface area contributed by atoms with Crippen molar-refractivity contribution >= 4 is 11.7 Å². The highest BCUT2D eigenvalue weighted by Gasteiger charge is 2.34. The molecule has 1 amide bonds. The van der Waals surface area contributed by atoms with Gasteiger partial charge < -0.3 is 19.3 Å². The van der Waals surface area contributed by atoms with E-state index in [2.05, 4.69) is 14.9 Å². The molecule has 0 N–H and O–H groups in total. The number of nitrogens with zero attached hydrogens (tertiary/aromatic N) is 4. The molecule has 1 atom stereocenters. The maximum Gasteiger partial charge on any atom is 0.225 e. The number of ether oxygens (including phenoxy) is 2. The third-order valence-electron chi connectivity index (χ3n) is 5.16. The molecule has 7 heteroatoms. The van der Waals surface area contributed by atoms with Crippen molar-refractivity contribution in [3.63, 3.8) is 0 Å². The Bertz CT molecular complexity index is 587. The van der Waals surface area contributed by atoms with Gasteiger partial charge in [0.1, 0.15) is 18.2 Å². The second kappa shape index (κ2) is 6.93. The molecule has 0 spiro atoms. The molecular weight excluding hydrogens is 308 g/mol. The van der Waals surface area contributed by atoms with E-state index in [1.54, 1.807) is 6.33 Å². The number of amides is 1. The molecule has 0 radical (unpaired) electrons. The van der Waals surface area contributed by atoms with Crippen molar-refractivity contribution in [2.24, 2.45) is 5.92 Å². The first kappa shape index (κ1) is 15.6. The lowest BCUT2D eigenvalue weighted by Gasteiger charge is -2.29. The number of carbonyl (C=O) groups is 1. The van der Waals surface area contributed by atoms with Crippen LogP contribution in [0.3, 0.4) is 0 Å². The summed E-state index contributed by atoms with van der Waals surface area (Å²) in [7, 11) is 0. The fraction of sp³-hybridized carbons (Fsp3) is 0.706. The van der Waals surface area contributed by atoms with Crippen LogP contribution >= 0.6 is 0 Å². The van der Waals surface area contributed by atoms with E-state index in [9.17, 15) is 4.79 Å². The molecule has 2 saturated heterocycles. The molecule has 1 saturated carbocycles. The van der Waals surface area contributed by atoms with Gasteiger partial charge in [0, 0.05) is 38.0 Å². The molecule has 1 aromatic rings. The molecule has 3 fully saturated rings. The van der Waals surface area contributed by atoms with Crippen LogP contribution in [0, 0.1) is 5.92 Å². The van der Waals surface area contributed by atoms with Crippen molar-refractivity contribution in [2.75, 3.05) is 44.3 Å². The number of rotatable bonds is 4. The molecule has 1 aromatic heterocycles. The van der Waals surface area contributed by atoms with E-state index in [-0.39, 0.29) is 12.0 Å². The number of aromatic nitrogens is 2. The summed E-state index contributed by atoms with van der Waals surface area (Å²) in [5.74, 6) is 2.04. The Kier molecular flexibility index (Phi) is 4.51. The average molecular weight is 332 g/mol. The third-order valence-corrected chi connectivity index (χ3v) is 5.16. The van der Waals surface area contributed by atoms with E-state index in [1.165, 1.54) is 6.42 Å². The second-order valence-corrected chi connectivity index (χ2v) is 6.75. The van der Waals surface area contributed by atoms with Gasteiger partial charge in [-0.05, 0) is 12.8 Å². The molecular formula is C17H24N4O3. The number of hydrogen-bond acceptors (Lipinski definition) is 6. The number of carbonyl (C=O) groups excluding carboxylic acids is 1. The van der Waals surface area contributed by atoms with Crippen LogP contribution in [-0.4, -0.2) is 66.3 Å². The highest BCUT2D eigenvalue weighted by molar-refractivity contribution is 5.79. The fourth-order valence-electron chi connectivity index (χ4n) is 3.47. The quantitative estimate of drug-likeness (QED) is 0.822. The number of anilines is 1. The Hall–Kier alpha value is -1.89. The Morgan fingerprint density at radius 3 is 2.75 bits per heavy atom. The summed E-state index contributed by atoms with van der Waals surface area (Å²) >= 11 is 0. The van der Waals surface area contributed by atoms with Gasteiger partial charge in [0.15, 0.2) is 0 Å². The fourth-order valence-corrected chi connectivity index (χ4v) is 3.47. The van der Waals surface area contributed by atoms with Crippen LogP contribution < -0.4 is 9.64 Å². The highest BCUT2D eigenvalue weighted by Crippen LogP contribution is 2.30. The second-order valence-electron chi connectivity index (χ2n) is 6.75. The predicted octanol–water partition coefficient (Wildman–Crippen LogP) is 1.09. The van der Waals surface area contributed by atoms with Crippen molar-refractivity contribution < 1.29 is 14.3 Å². The summed E-state index contributed by atoms with van der Waals surface area (Å²) in [5.41, 5.74) is 0. The van der Waals surface area contributed by atoms with Crippen molar-refractivity contribution in [1.29, 1.82) is 0 Å². The van der Waals surface area contributed by atoms with Gasteiger partial charge in [0.2, 0.25) is 11.8 Å². The van der Waals surface area contributed by atoms with Gasteiger partial charge in [-0.25, -0.2) is 9.97 Å². The monoisotopic (exact) mass is 332 g/mol. The minimum atomic E-state index is 0.0291. The molecule has 3 heterocycles. The lowest BCUT2D eigenvalue weighted by atomic mass is 9.84. The summed E-state index contributed by atoms with van der Waals surface area (Å²) < 4.78 is 11.4. The molecule has 1 aliphatic carbocycles. The number of hydrogen-bond donors (Lipinski definition) is 0. The molecule has 0 aromatic carbocycles. The molecule has 7 nitrogen and oxygen atoms in total. The molecule has 24 heavy (non-hydrogen) atoms. The Morgan fingerprint density at radius 1 is 1.17 bits per heavy atom.